The third-order valence-electron chi connectivity index (χ3n) is 3.72. The summed E-state index contributed by atoms with van der Waals surface area (Å²) in [5, 5.41) is 0. The van der Waals surface area contributed by atoms with Crippen molar-refractivity contribution in [1.82, 2.24) is 9.80 Å². The highest BCUT2D eigenvalue weighted by molar-refractivity contribution is 5.74. The van der Waals surface area contributed by atoms with Gasteiger partial charge in [-0.05, 0) is 30.4 Å². The van der Waals surface area contributed by atoms with E-state index in [1.165, 1.54) is 6.42 Å². The number of likely N-dealkylation sites (tertiary alicyclic amines) is 1. The molecule has 0 aromatic heterocycles. The van der Waals surface area contributed by atoms with E-state index in [0.717, 1.165) is 30.8 Å². The third-order valence-corrected chi connectivity index (χ3v) is 3.72. The fourth-order valence-electron chi connectivity index (χ4n) is 2.61. The smallest absolute Gasteiger partial charge is 0.320 e. The van der Waals surface area contributed by atoms with Gasteiger partial charge in [-0.3, -0.25) is 0 Å². The molecule has 2 amide bonds. The number of carbonyl (C=O) groups excluding carboxylic acids is 1. The van der Waals surface area contributed by atoms with Crippen molar-refractivity contribution in [3.63, 3.8) is 0 Å². The largest absolute Gasteiger partial charge is 0.398 e. The van der Waals surface area contributed by atoms with Crippen LogP contribution in [-0.2, 0) is 6.54 Å². The summed E-state index contributed by atoms with van der Waals surface area (Å²) in [5.41, 5.74) is 7.67. The second-order valence-corrected chi connectivity index (χ2v) is 5.53. The molecule has 0 bridgehead atoms. The first-order chi connectivity index (χ1) is 9.08. The van der Waals surface area contributed by atoms with Gasteiger partial charge < -0.3 is 15.5 Å². The maximum atomic E-state index is 12.4. The summed E-state index contributed by atoms with van der Waals surface area (Å²) in [6, 6.07) is 7.81. The molecule has 2 N–H and O–H groups in total. The fraction of sp³-hybridized carbons (Fsp3) is 0.533. The van der Waals surface area contributed by atoms with Gasteiger partial charge in [0.25, 0.3) is 0 Å². The summed E-state index contributed by atoms with van der Waals surface area (Å²) >= 11 is 0. The molecular weight excluding hydrogens is 238 g/mol. The average molecular weight is 261 g/mol. The van der Waals surface area contributed by atoms with Gasteiger partial charge >= 0.3 is 6.03 Å². The van der Waals surface area contributed by atoms with Crippen molar-refractivity contribution in [2.75, 3.05) is 25.9 Å². The zero-order valence-electron chi connectivity index (χ0n) is 11.8. The topological polar surface area (TPSA) is 49.6 Å². The molecule has 1 atom stereocenters. The second kappa shape index (κ2) is 5.95. The predicted molar refractivity (Wildman–Crippen MR) is 77.7 cm³/mol. The van der Waals surface area contributed by atoms with E-state index in [1.54, 1.807) is 4.90 Å². The van der Waals surface area contributed by atoms with Crippen LogP contribution in [0.15, 0.2) is 24.3 Å². The molecule has 1 aromatic carbocycles. The molecule has 0 radical (unpaired) electrons. The predicted octanol–water partition coefficient (Wildman–Crippen LogP) is 2.55. The van der Waals surface area contributed by atoms with Crippen LogP contribution in [0.3, 0.4) is 0 Å². The number of benzene rings is 1. The maximum absolute atomic E-state index is 12.4. The van der Waals surface area contributed by atoms with Crippen LogP contribution >= 0.6 is 0 Å². The number of amides is 2. The van der Waals surface area contributed by atoms with Crippen molar-refractivity contribution in [2.24, 2.45) is 5.92 Å². The standard InChI is InChI=1S/C15H23N3O/c1-12-6-5-9-18(10-12)15(19)17(2)11-13-7-3-4-8-14(13)16/h3-4,7-8,12H,5-6,9-11,16H2,1-2H3. The van der Waals surface area contributed by atoms with Crippen LogP contribution in [-0.4, -0.2) is 36.0 Å². The molecule has 19 heavy (non-hydrogen) atoms. The van der Waals surface area contributed by atoms with E-state index >= 15 is 0 Å². The highest BCUT2D eigenvalue weighted by Crippen LogP contribution is 2.18. The second-order valence-electron chi connectivity index (χ2n) is 5.53. The Hall–Kier alpha value is -1.71. The van der Waals surface area contributed by atoms with Gasteiger partial charge in [0, 0.05) is 32.4 Å². The summed E-state index contributed by atoms with van der Waals surface area (Å²) in [6.07, 6.45) is 2.33. The molecule has 1 aliphatic heterocycles. The minimum Gasteiger partial charge on any atom is -0.398 e. The molecule has 0 spiro atoms. The molecular formula is C15H23N3O. The van der Waals surface area contributed by atoms with Crippen molar-refractivity contribution in [1.29, 1.82) is 0 Å². The molecule has 1 aliphatic rings. The van der Waals surface area contributed by atoms with Crippen LogP contribution in [0.25, 0.3) is 0 Å². The lowest BCUT2D eigenvalue weighted by atomic mass is 10.0. The average Bonchev–Trinajstić information content (AvgIpc) is 2.40. The number of nitrogens with zero attached hydrogens (tertiary/aromatic N) is 2. The Morgan fingerprint density at radius 3 is 2.89 bits per heavy atom. The van der Waals surface area contributed by atoms with Gasteiger partial charge in [-0.25, -0.2) is 4.79 Å². The Labute approximate surface area is 115 Å². The highest BCUT2D eigenvalue weighted by atomic mass is 16.2. The van der Waals surface area contributed by atoms with Gasteiger partial charge in [-0.15, -0.1) is 0 Å². The lowest BCUT2D eigenvalue weighted by molar-refractivity contribution is 0.137. The van der Waals surface area contributed by atoms with Gasteiger partial charge in [0.1, 0.15) is 0 Å². The minimum atomic E-state index is 0.106. The van der Waals surface area contributed by atoms with Crippen LogP contribution in [0.4, 0.5) is 10.5 Å². The molecule has 1 fully saturated rings. The van der Waals surface area contributed by atoms with Gasteiger partial charge in [0.2, 0.25) is 0 Å². The number of nitrogens with two attached hydrogens (primary N) is 1. The Kier molecular flexibility index (Phi) is 4.30. The van der Waals surface area contributed by atoms with E-state index in [0.29, 0.717) is 12.5 Å². The maximum Gasteiger partial charge on any atom is 0.320 e. The zero-order chi connectivity index (χ0) is 13.8. The molecule has 4 heteroatoms. The Morgan fingerprint density at radius 2 is 2.21 bits per heavy atom. The number of nitrogen functional groups attached to an aromatic ring is 1. The number of urea groups is 1. The summed E-state index contributed by atoms with van der Waals surface area (Å²) < 4.78 is 0. The van der Waals surface area contributed by atoms with Crippen LogP contribution in [0.1, 0.15) is 25.3 Å². The molecule has 1 aromatic rings. The fourth-order valence-corrected chi connectivity index (χ4v) is 2.61. The van der Waals surface area contributed by atoms with E-state index < -0.39 is 0 Å². The van der Waals surface area contributed by atoms with E-state index in [4.69, 9.17) is 5.73 Å². The van der Waals surface area contributed by atoms with Crippen molar-refractivity contribution in [3.05, 3.63) is 29.8 Å². The summed E-state index contributed by atoms with van der Waals surface area (Å²) in [4.78, 5) is 16.1. The van der Waals surface area contributed by atoms with Crippen LogP contribution < -0.4 is 5.73 Å². The summed E-state index contributed by atoms with van der Waals surface area (Å²) in [6.45, 7) is 4.51. The SMILES string of the molecule is CC1CCCN(C(=O)N(C)Cc2ccccc2N)C1. The van der Waals surface area contributed by atoms with Gasteiger partial charge in [-0.1, -0.05) is 25.1 Å². The minimum absolute atomic E-state index is 0.106. The zero-order valence-corrected chi connectivity index (χ0v) is 11.8. The number of hydrogen-bond acceptors (Lipinski definition) is 2. The monoisotopic (exact) mass is 261 g/mol. The molecule has 1 heterocycles. The van der Waals surface area contributed by atoms with E-state index in [9.17, 15) is 4.79 Å². The number of para-hydroxylation sites is 1. The summed E-state index contributed by atoms with van der Waals surface area (Å²) in [5.74, 6) is 0.605. The number of hydrogen-bond donors (Lipinski definition) is 1. The van der Waals surface area contributed by atoms with Crippen LogP contribution in [0, 0.1) is 5.92 Å². The first-order valence-electron chi connectivity index (χ1n) is 6.91. The van der Waals surface area contributed by atoms with Crippen LogP contribution in [0.2, 0.25) is 0 Å². The molecule has 2 rings (SSSR count). The van der Waals surface area contributed by atoms with Gasteiger partial charge in [0.05, 0.1) is 0 Å². The molecule has 4 nitrogen and oxygen atoms in total. The van der Waals surface area contributed by atoms with Crippen molar-refractivity contribution >= 4 is 11.7 Å². The first-order valence-corrected chi connectivity index (χ1v) is 6.91. The Balaban J connectivity index is 1.97. The van der Waals surface area contributed by atoms with Crippen molar-refractivity contribution < 1.29 is 4.79 Å². The Morgan fingerprint density at radius 1 is 1.47 bits per heavy atom. The van der Waals surface area contributed by atoms with E-state index in [2.05, 4.69) is 6.92 Å². The lowest BCUT2D eigenvalue weighted by Gasteiger charge is -2.34. The third kappa shape index (κ3) is 3.40. The van der Waals surface area contributed by atoms with E-state index in [-0.39, 0.29) is 6.03 Å². The number of carbonyl (C=O) groups is 1. The summed E-state index contributed by atoms with van der Waals surface area (Å²) in [7, 11) is 1.84. The number of rotatable bonds is 2. The van der Waals surface area contributed by atoms with Crippen LogP contribution in [0.5, 0.6) is 0 Å². The Bertz CT molecular complexity index is 447. The molecule has 104 valence electrons. The normalized spacial score (nSPS) is 19.3. The van der Waals surface area contributed by atoms with E-state index in [1.807, 2.05) is 36.2 Å². The lowest BCUT2D eigenvalue weighted by Crippen LogP contribution is -2.45. The highest BCUT2D eigenvalue weighted by Gasteiger charge is 2.23. The molecule has 0 aliphatic carbocycles. The number of piperidine rings is 1. The molecule has 1 unspecified atom stereocenters. The van der Waals surface area contributed by atoms with Gasteiger partial charge in [0.15, 0.2) is 0 Å². The van der Waals surface area contributed by atoms with Gasteiger partial charge in [-0.2, -0.15) is 0 Å². The number of anilines is 1. The van der Waals surface area contributed by atoms with Crippen molar-refractivity contribution in [3.8, 4) is 0 Å². The molecule has 0 saturated carbocycles. The molecule has 1 saturated heterocycles. The van der Waals surface area contributed by atoms with Crippen molar-refractivity contribution in [2.45, 2.75) is 26.3 Å². The first kappa shape index (κ1) is 13.7. The quantitative estimate of drug-likeness (QED) is 0.832.